The lowest BCUT2D eigenvalue weighted by Gasteiger charge is -2.41. The number of alkyl halides is 1. The monoisotopic (exact) mass is 338 g/mol. The molecule has 0 spiro atoms. The van der Waals surface area contributed by atoms with Crippen molar-refractivity contribution in [3.63, 3.8) is 0 Å². The summed E-state index contributed by atoms with van der Waals surface area (Å²) in [6.07, 6.45) is 20.9. The zero-order valence-electron chi connectivity index (χ0n) is 15.4. The van der Waals surface area contributed by atoms with E-state index in [1.54, 1.807) is 0 Å². The van der Waals surface area contributed by atoms with Crippen molar-refractivity contribution in [1.29, 1.82) is 0 Å². The highest BCUT2D eigenvalue weighted by molar-refractivity contribution is 5.34. The van der Waals surface area contributed by atoms with Crippen LogP contribution in [0, 0.1) is 17.3 Å². The fourth-order valence-corrected chi connectivity index (χ4v) is 4.58. The molecule has 1 saturated carbocycles. The number of allylic oxidation sites excluding steroid dienone is 6. The van der Waals surface area contributed by atoms with E-state index < -0.39 is 0 Å². The summed E-state index contributed by atoms with van der Waals surface area (Å²) in [6, 6.07) is 10.8. The van der Waals surface area contributed by atoms with Crippen LogP contribution < -0.4 is 0 Å². The van der Waals surface area contributed by atoms with Gasteiger partial charge in [0.15, 0.2) is 0 Å². The normalized spacial score (nSPS) is 32.3. The van der Waals surface area contributed by atoms with Gasteiger partial charge < -0.3 is 0 Å². The first-order valence-corrected chi connectivity index (χ1v) is 9.93. The smallest absolute Gasteiger partial charge is 0.0928 e. The molecule has 0 N–H and O–H groups in total. The van der Waals surface area contributed by atoms with Crippen LogP contribution in [-0.4, -0.2) is 6.67 Å². The Kier molecular flexibility index (Phi) is 6.29. The van der Waals surface area contributed by atoms with Crippen LogP contribution >= 0.6 is 0 Å². The Morgan fingerprint density at radius 1 is 1.04 bits per heavy atom. The summed E-state index contributed by atoms with van der Waals surface area (Å²) in [6.45, 7) is 2.09. The highest BCUT2D eigenvalue weighted by atomic mass is 19.1. The second kappa shape index (κ2) is 8.65. The number of hydrogen-bond acceptors (Lipinski definition) is 0. The fourth-order valence-electron chi connectivity index (χ4n) is 4.58. The Hall–Kier alpha value is -1.63. The number of benzene rings is 1. The molecule has 0 saturated heterocycles. The molecule has 134 valence electrons. The topological polar surface area (TPSA) is 0 Å². The molecule has 25 heavy (non-hydrogen) atoms. The summed E-state index contributed by atoms with van der Waals surface area (Å²) in [4.78, 5) is 0. The predicted molar refractivity (Wildman–Crippen MR) is 105 cm³/mol. The van der Waals surface area contributed by atoms with Crippen LogP contribution in [-0.2, 0) is 0 Å². The van der Waals surface area contributed by atoms with Crippen LogP contribution in [0.1, 0.15) is 56.9 Å². The van der Waals surface area contributed by atoms with Crippen molar-refractivity contribution in [1.82, 2.24) is 0 Å². The van der Waals surface area contributed by atoms with Gasteiger partial charge in [-0.25, -0.2) is 0 Å². The Labute approximate surface area is 152 Å². The molecule has 0 atom stereocenters. The van der Waals surface area contributed by atoms with Crippen LogP contribution in [0.15, 0.2) is 66.8 Å². The predicted octanol–water partition coefficient (Wildman–Crippen LogP) is 7.01. The molecule has 1 heteroatoms. The highest BCUT2D eigenvalue weighted by Gasteiger charge is 2.36. The lowest BCUT2D eigenvalue weighted by molar-refractivity contribution is 0.191. The molecule has 0 heterocycles. The standard InChI is InChI=1S/C24H31F/c1-2-24(23-13-11-20(12-14-23)8-6-7-19-25)17-15-22(16-18-24)21-9-4-3-5-10-21/h3-6,8-10,15-18,20,22-23H,2,7,11-14,19H2,1H3/b8-6+. The maximum absolute atomic E-state index is 12.2. The van der Waals surface area contributed by atoms with Crippen LogP contribution in [0.25, 0.3) is 0 Å². The van der Waals surface area contributed by atoms with Crippen molar-refractivity contribution in [2.45, 2.75) is 51.4 Å². The largest absolute Gasteiger partial charge is 0.251 e. The first-order valence-electron chi connectivity index (χ1n) is 9.93. The SMILES string of the molecule is CCC1(C2CCC(/C=C/CCF)CC2)C=CC(c2ccccc2)C=C1. The van der Waals surface area contributed by atoms with Gasteiger partial charge >= 0.3 is 0 Å². The van der Waals surface area contributed by atoms with Crippen molar-refractivity contribution in [2.75, 3.05) is 6.67 Å². The van der Waals surface area contributed by atoms with Gasteiger partial charge in [0.2, 0.25) is 0 Å². The van der Waals surface area contributed by atoms with Gasteiger partial charge in [-0.1, -0.05) is 73.7 Å². The maximum Gasteiger partial charge on any atom is 0.0928 e. The molecule has 0 radical (unpaired) electrons. The summed E-state index contributed by atoms with van der Waals surface area (Å²) >= 11 is 0. The Morgan fingerprint density at radius 3 is 2.32 bits per heavy atom. The average molecular weight is 339 g/mol. The lowest BCUT2D eigenvalue weighted by Crippen LogP contribution is -2.31. The van der Waals surface area contributed by atoms with Gasteiger partial charge in [0.25, 0.3) is 0 Å². The minimum atomic E-state index is -0.233. The molecule has 0 nitrogen and oxygen atoms in total. The fraction of sp³-hybridized carbons (Fsp3) is 0.500. The molecular formula is C24H31F. The van der Waals surface area contributed by atoms with Gasteiger partial charge in [-0.15, -0.1) is 0 Å². The van der Waals surface area contributed by atoms with Crippen molar-refractivity contribution < 1.29 is 4.39 Å². The highest BCUT2D eigenvalue weighted by Crippen LogP contribution is 2.47. The molecule has 2 aliphatic rings. The molecular weight excluding hydrogens is 307 g/mol. The molecule has 2 aliphatic carbocycles. The third-order valence-corrected chi connectivity index (χ3v) is 6.24. The van der Waals surface area contributed by atoms with Crippen molar-refractivity contribution in [3.05, 3.63) is 72.4 Å². The quantitative estimate of drug-likeness (QED) is 0.489. The summed E-state index contributed by atoms with van der Waals surface area (Å²) in [5.74, 6) is 1.82. The number of halogens is 1. The molecule has 3 rings (SSSR count). The molecule has 0 bridgehead atoms. The summed E-state index contributed by atoms with van der Waals surface area (Å²) in [5, 5.41) is 0. The van der Waals surface area contributed by atoms with Crippen LogP contribution in [0.5, 0.6) is 0 Å². The number of hydrogen-bond donors (Lipinski definition) is 0. The molecule has 0 aromatic heterocycles. The minimum absolute atomic E-state index is 0.233. The van der Waals surface area contributed by atoms with E-state index in [4.69, 9.17) is 0 Å². The Bertz CT molecular complexity index is 588. The summed E-state index contributed by atoms with van der Waals surface area (Å²) < 4.78 is 12.2. The molecule has 1 fully saturated rings. The van der Waals surface area contributed by atoms with Gasteiger partial charge in [0.1, 0.15) is 0 Å². The molecule has 0 amide bonds. The van der Waals surface area contributed by atoms with E-state index in [2.05, 4.69) is 67.6 Å². The van der Waals surface area contributed by atoms with Crippen molar-refractivity contribution >= 4 is 0 Å². The molecule has 1 aromatic rings. The Balaban J connectivity index is 1.63. The first kappa shape index (κ1) is 18.2. The van der Waals surface area contributed by atoms with Gasteiger partial charge in [0.05, 0.1) is 6.67 Å². The lowest BCUT2D eigenvalue weighted by atomic mass is 9.63. The second-order valence-corrected chi connectivity index (χ2v) is 7.64. The third kappa shape index (κ3) is 4.32. The zero-order chi connectivity index (χ0) is 17.5. The molecule has 1 aromatic carbocycles. The molecule has 0 aliphatic heterocycles. The van der Waals surface area contributed by atoms with E-state index in [0.29, 0.717) is 18.3 Å². The van der Waals surface area contributed by atoms with Gasteiger partial charge in [-0.05, 0) is 55.9 Å². The minimum Gasteiger partial charge on any atom is -0.251 e. The van der Waals surface area contributed by atoms with Crippen molar-refractivity contribution in [3.8, 4) is 0 Å². The summed E-state index contributed by atoms with van der Waals surface area (Å²) in [7, 11) is 0. The van der Waals surface area contributed by atoms with E-state index in [9.17, 15) is 4.39 Å². The third-order valence-electron chi connectivity index (χ3n) is 6.24. The van der Waals surface area contributed by atoms with Crippen LogP contribution in [0.2, 0.25) is 0 Å². The van der Waals surface area contributed by atoms with E-state index >= 15 is 0 Å². The van der Waals surface area contributed by atoms with Gasteiger partial charge in [-0.2, -0.15) is 0 Å². The van der Waals surface area contributed by atoms with Gasteiger partial charge in [-0.3, -0.25) is 4.39 Å². The average Bonchev–Trinajstić information content (AvgIpc) is 2.69. The van der Waals surface area contributed by atoms with E-state index in [-0.39, 0.29) is 12.1 Å². The zero-order valence-corrected chi connectivity index (χ0v) is 15.4. The van der Waals surface area contributed by atoms with E-state index in [1.165, 1.54) is 37.7 Å². The Morgan fingerprint density at radius 2 is 1.72 bits per heavy atom. The van der Waals surface area contributed by atoms with E-state index in [0.717, 1.165) is 5.92 Å². The van der Waals surface area contributed by atoms with E-state index in [1.807, 2.05) is 6.08 Å². The molecule has 0 unspecified atom stereocenters. The number of rotatable bonds is 6. The first-order chi connectivity index (χ1) is 12.3. The van der Waals surface area contributed by atoms with Crippen LogP contribution in [0.3, 0.4) is 0 Å². The second-order valence-electron chi connectivity index (χ2n) is 7.64. The maximum atomic E-state index is 12.2. The van der Waals surface area contributed by atoms with Crippen LogP contribution in [0.4, 0.5) is 4.39 Å². The summed E-state index contributed by atoms with van der Waals surface area (Å²) in [5.41, 5.74) is 1.61. The van der Waals surface area contributed by atoms with Crippen molar-refractivity contribution in [2.24, 2.45) is 17.3 Å². The van der Waals surface area contributed by atoms with Gasteiger partial charge in [0, 0.05) is 11.3 Å².